The third-order valence-corrected chi connectivity index (χ3v) is 4.90. The number of likely N-dealkylation sites (N-methyl/N-ethyl adjacent to an activating group) is 1. The molecule has 0 radical (unpaired) electrons. The Hall–Kier alpha value is -1.92. The van der Waals surface area contributed by atoms with E-state index in [1.54, 1.807) is 6.20 Å². The Labute approximate surface area is 147 Å². The summed E-state index contributed by atoms with van der Waals surface area (Å²) < 4.78 is 0. The van der Waals surface area contributed by atoms with Crippen LogP contribution < -0.4 is 0 Å². The predicted octanol–water partition coefficient (Wildman–Crippen LogP) is 2.64. The minimum absolute atomic E-state index is 0.0252. The van der Waals surface area contributed by atoms with E-state index in [4.69, 9.17) is 0 Å². The fourth-order valence-corrected chi connectivity index (χ4v) is 3.21. The zero-order valence-electron chi connectivity index (χ0n) is 14.1. The molecule has 0 bridgehead atoms. The van der Waals surface area contributed by atoms with Gasteiger partial charge in [-0.15, -0.1) is 0 Å². The van der Waals surface area contributed by atoms with Crippen LogP contribution in [-0.4, -0.2) is 64.7 Å². The second kappa shape index (κ2) is 7.77. The second-order valence-corrected chi connectivity index (χ2v) is 6.48. The van der Waals surface area contributed by atoms with Gasteiger partial charge in [0.25, 0.3) is 5.91 Å². The zero-order valence-corrected chi connectivity index (χ0v) is 14.9. The first kappa shape index (κ1) is 16.9. The number of carbonyl (C=O) groups is 1. The summed E-state index contributed by atoms with van der Waals surface area (Å²) >= 11 is 1.48. The Balaban J connectivity index is 1.91. The van der Waals surface area contributed by atoms with Crippen LogP contribution in [0.2, 0.25) is 0 Å². The van der Waals surface area contributed by atoms with E-state index in [0.717, 1.165) is 44.0 Å². The maximum atomic E-state index is 13.0. The number of thioether (sulfide) groups is 1. The van der Waals surface area contributed by atoms with Crippen LogP contribution in [0.1, 0.15) is 17.3 Å². The molecule has 1 amide bonds. The highest BCUT2D eigenvalue weighted by atomic mass is 32.2. The molecule has 6 heteroatoms. The standard InChI is InChI=1S/C18H22N4OS/c1-3-21-9-11-22(12-10-21)17(23)15-13-19-18(24-2)20-16(15)14-7-5-4-6-8-14/h4-8,13H,3,9-12H2,1-2H3. The van der Waals surface area contributed by atoms with E-state index in [0.29, 0.717) is 10.7 Å². The summed E-state index contributed by atoms with van der Waals surface area (Å²) in [4.78, 5) is 26.2. The van der Waals surface area contributed by atoms with Gasteiger partial charge in [-0.2, -0.15) is 0 Å². The molecule has 1 aromatic carbocycles. The first-order valence-electron chi connectivity index (χ1n) is 8.21. The SMILES string of the molecule is CCN1CCN(C(=O)c2cnc(SC)nc2-c2ccccc2)CC1. The molecule has 1 aliphatic heterocycles. The van der Waals surface area contributed by atoms with Gasteiger partial charge < -0.3 is 9.80 Å². The highest BCUT2D eigenvalue weighted by Gasteiger charge is 2.24. The van der Waals surface area contributed by atoms with E-state index in [1.165, 1.54) is 11.8 Å². The Morgan fingerprint density at radius 3 is 2.50 bits per heavy atom. The van der Waals surface area contributed by atoms with Gasteiger partial charge in [-0.05, 0) is 12.8 Å². The van der Waals surface area contributed by atoms with Crippen LogP contribution in [0.25, 0.3) is 11.3 Å². The number of aromatic nitrogens is 2. The molecule has 0 atom stereocenters. The summed E-state index contributed by atoms with van der Waals surface area (Å²) in [5, 5.41) is 0.682. The van der Waals surface area contributed by atoms with E-state index >= 15 is 0 Å². The minimum Gasteiger partial charge on any atom is -0.336 e. The van der Waals surface area contributed by atoms with Crippen molar-refractivity contribution >= 4 is 17.7 Å². The number of hydrogen-bond acceptors (Lipinski definition) is 5. The van der Waals surface area contributed by atoms with Crippen LogP contribution in [0.15, 0.2) is 41.7 Å². The first-order valence-corrected chi connectivity index (χ1v) is 9.43. The lowest BCUT2D eigenvalue weighted by molar-refractivity contribution is 0.0643. The van der Waals surface area contributed by atoms with Gasteiger partial charge in [-0.25, -0.2) is 9.97 Å². The topological polar surface area (TPSA) is 49.3 Å². The fourth-order valence-electron chi connectivity index (χ4n) is 2.87. The molecule has 1 aromatic heterocycles. The van der Waals surface area contributed by atoms with Crippen LogP contribution in [0, 0.1) is 0 Å². The minimum atomic E-state index is 0.0252. The van der Waals surface area contributed by atoms with Crippen LogP contribution in [0.5, 0.6) is 0 Å². The summed E-state index contributed by atoms with van der Waals surface area (Å²) in [5.41, 5.74) is 2.26. The van der Waals surface area contributed by atoms with Gasteiger partial charge in [0, 0.05) is 37.9 Å². The van der Waals surface area contributed by atoms with Gasteiger partial charge in [0.1, 0.15) is 0 Å². The Kier molecular flexibility index (Phi) is 5.48. The van der Waals surface area contributed by atoms with Crippen LogP contribution in [-0.2, 0) is 0 Å². The molecule has 1 saturated heterocycles. The third-order valence-electron chi connectivity index (χ3n) is 4.33. The van der Waals surface area contributed by atoms with Crippen molar-refractivity contribution in [3.8, 4) is 11.3 Å². The molecule has 0 unspecified atom stereocenters. The molecule has 2 heterocycles. The van der Waals surface area contributed by atoms with E-state index in [-0.39, 0.29) is 5.91 Å². The average Bonchev–Trinajstić information content (AvgIpc) is 2.67. The summed E-state index contributed by atoms with van der Waals surface area (Å²) in [6.45, 7) is 6.54. The molecule has 3 rings (SSSR count). The van der Waals surface area contributed by atoms with Crippen molar-refractivity contribution < 1.29 is 4.79 Å². The van der Waals surface area contributed by atoms with Gasteiger partial charge in [-0.3, -0.25) is 4.79 Å². The van der Waals surface area contributed by atoms with E-state index < -0.39 is 0 Å². The number of amides is 1. The molecular weight excluding hydrogens is 320 g/mol. The van der Waals surface area contributed by atoms with Crippen molar-refractivity contribution in [1.29, 1.82) is 0 Å². The van der Waals surface area contributed by atoms with Gasteiger partial charge in [-0.1, -0.05) is 49.0 Å². The van der Waals surface area contributed by atoms with Gasteiger partial charge in [0.05, 0.1) is 11.3 Å². The lowest BCUT2D eigenvalue weighted by Gasteiger charge is -2.34. The maximum Gasteiger partial charge on any atom is 0.257 e. The van der Waals surface area contributed by atoms with Gasteiger partial charge in [0.15, 0.2) is 5.16 Å². The van der Waals surface area contributed by atoms with Crippen molar-refractivity contribution in [2.24, 2.45) is 0 Å². The molecule has 24 heavy (non-hydrogen) atoms. The van der Waals surface area contributed by atoms with Gasteiger partial charge >= 0.3 is 0 Å². The summed E-state index contributed by atoms with van der Waals surface area (Å²) in [6.07, 6.45) is 3.62. The molecule has 0 spiro atoms. The van der Waals surface area contributed by atoms with Crippen molar-refractivity contribution in [3.05, 3.63) is 42.1 Å². The normalized spacial score (nSPS) is 15.5. The predicted molar refractivity (Wildman–Crippen MR) is 97.3 cm³/mol. The quantitative estimate of drug-likeness (QED) is 0.631. The van der Waals surface area contributed by atoms with Crippen molar-refractivity contribution in [2.75, 3.05) is 39.0 Å². The maximum absolute atomic E-state index is 13.0. The Morgan fingerprint density at radius 1 is 1.17 bits per heavy atom. The number of benzene rings is 1. The lowest BCUT2D eigenvalue weighted by Crippen LogP contribution is -2.48. The number of nitrogens with zero attached hydrogens (tertiary/aromatic N) is 4. The van der Waals surface area contributed by atoms with Crippen LogP contribution >= 0.6 is 11.8 Å². The molecule has 0 aliphatic carbocycles. The van der Waals surface area contributed by atoms with Crippen LogP contribution in [0.4, 0.5) is 0 Å². The van der Waals surface area contributed by atoms with Crippen molar-refractivity contribution in [1.82, 2.24) is 19.8 Å². The zero-order chi connectivity index (χ0) is 16.9. The third kappa shape index (κ3) is 3.60. The first-order chi connectivity index (χ1) is 11.7. The highest BCUT2D eigenvalue weighted by Crippen LogP contribution is 2.24. The number of hydrogen-bond donors (Lipinski definition) is 0. The molecule has 1 aliphatic rings. The van der Waals surface area contributed by atoms with E-state index in [2.05, 4.69) is 21.8 Å². The molecule has 2 aromatic rings. The number of carbonyl (C=O) groups excluding carboxylic acids is 1. The van der Waals surface area contributed by atoms with E-state index in [9.17, 15) is 4.79 Å². The fraction of sp³-hybridized carbons (Fsp3) is 0.389. The Bertz CT molecular complexity index is 699. The average molecular weight is 342 g/mol. The van der Waals surface area contributed by atoms with Crippen molar-refractivity contribution in [3.63, 3.8) is 0 Å². The van der Waals surface area contributed by atoms with Crippen LogP contribution in [0.3, 0.4) is 0 Å². The molecule has 1 fully saturated rings. The number of rotatable bonds is 4. The molecule has 0 saturated carbocycles. The Morgan fingerprint density at radius 2 is 1.88 bits per heavy atom. The second-order valence-electron chi connectivity index (χ2n) is 5.71. The molecular formula is C18H22N4OS. The summed E-state index contributed by atoms with van der Waals surface area (Å²) in [6, 6.07) is 9.86. The smallest absolute Gasteiger partial charge is 0.257 e. The number of piperazine rings is 1. The monoisotopic (exact) mass is 342 g/mol. The summed E-state index contributed by atoms with van der Waals surface area (Å²) in [7, 11) is 0. The highest BCUT2D eigenvalue weighted by molar-refractivity contribution is 7.98. The molecule has 5 nitrogen and oxygen atoms in total. The summed E-state index contributed by atoms with van der Waals surface area (Å²) in [5.74, 6) is 0.0252. The molecule has 126 valence electrons. The lowest BCUT2D eigenvalue weighted by atomic mass is 10.1. The van der Waals surface area contributed by atoms with E-state index in [1.807, 2.05) is 41.5 Å². The van der Waals surface area contributed by atoms with Crippen molar-refractivity contribution in [2.45, 2.75) is 12.1 Å². The molecule has 0 N–H and O–H groups in total. The van der Waals surface area contributed by atoms with Gasteiger partial charge in [0.2, 0.25) is 0 Å². The largest absolute Gasteiger partial charge is 0.336 e.